The smallest absolute Gasteiger partial charge is 0.194 e. The largest absolute Gasteiger partial charge is 0.353 e. The van der Waals surface area contributed by atoms with E-state index in [9.17, 15) is 4.39 Å². The highest BCUT2D eigenvalue weighted by atomic mass is 127. The van der Waals surface area contributed by atoms with Crippen molar-refractivity contribution in [2.45, 2.75) is 51.0 Å². The molecule has 0 radical (unpaired) electrons. The Hall–Kier alpha value is -0.850. The van der Waals surface area contributed by atoms with Gasteiger partial charge in [0.2, 0.25) is 0 Å². The first-order valence-electron chi connectivity index (χ1n) is 9.01. The maximum atomic E-state index is 13.9. The molecule has 2 saturated carbocycles. The highest BCUT2D eigenvalue weighted by Gasteiger charge is 2.45. The van der Waals surface area contributed by atoms with E-state index in [0.717, 1.165) is 37.6 Å². The summed E-state index contributed by atoms with van der Waals surface area (Å²) in [7, 11) is 0. The van der Waals surface area contributed by atoms with Gasteiger partial charge in [0.05, 0.1) is 0 Å². The predicted molar refractivity (Wildman–Crippen MR) is 107 cm³/mol. The summed E-state index contributed by atoms with van der Waals surface area (Å²) in [5.41, 5.74) is 1.42. The molecule has 2 aliphatic carbocycles. The van der Waals surface area contributed by atoms with Gasteiger partial charge >= 0.3 is 0 Å². The molecule has 2 unspecified atom stereocenters. The van der Waals surface area contributed by atoms with Crippen molar-refractivity contribution in [3.8, 4) is 0 Å². The van der Waals surface area contributed by atoms with Crippen molar-refractivity contribution in [1.82, 2.24) is 10.2 Å². The molecule has 0 aromatic heterocycles. The van der Waals surface area contributed by atoms with E-state index in [-0.39, 0.29) is 29.8 Å². The average molecular weight is 443 g/mol. The lowest BCUT2D eigenvalue weighted by Crippen LogP contribution is -2.43. The number of likely N-dealkylation sites (tertiary alicyclic amines) is 1. The fourth-order valence-electron chi connectivity index (χ4n) is 4.23. The van der Waals surface area contributed by atoms with Gasteiger partial charge in [0.1, 0.15) is 5.82 Å². The lowest BCUT2D eigenvalue weighted by molar-refractivity contribution is 0.151. The number of hydrogen-bond donors (Lipinski definition) is 1. The topological polar surface area (TPSA) is 27.6 Å². The number of rotatable bonds is 3. The molecule has 1 N–H and O–H groups in total. The van der Waals surface area contributed by atoms with E-state index < -0.39 is 0 Å². The minimum absolute atomic E-state index is 0. The van der Waals surface area contributed by atoms with E-state index >= 15 is 0 Å². The fraction of sp³-hybridized carbons (Fsp3) is 0.632. The third-order valence-electron chi connectivity index (χ3n) is 5.87. The number of nitrogens with one attached hydrogen (secondary N) is 1. The van der Waals surface area contributed by atoms with E-state index in [4.69, 9.17) is 4.99 Å². The van der Waals surface area contributed by atoms with Gasteiger partial charge in [-0.15, -0.1) is 24.0 Å². The molecule has 2 atom stereocenters. The SMILES string of the molecule is CCN=C(NC1CC1c1ccccc1F)N1CCC2(CCC2)C1.I. The molecule has 3 nitrogen and oxygen atoms in total. The van der Waals surface area contributed by atoms with Gasteiger partial charge in [-0.3, -0.25) is 4.99 Å². The van der Waals surface area contributed by atoms with Gasteiger partial charge in [-0.1, -0.05) is 24.6 Å². The Morgan fingerprint density at radius 2 is 2.12 bits per heavy atom. The van der Waals surface area contributed by atoms with Gasteiger partial charge in [0.25, 0.3) is 0 Å². The van der Waals surface area contributed by atoms with Crippen LogP contribution in [0, 0.1) is 11.2 Å². The summed E-state index contributed by atoms with van der Waals surface area (Å²) in [4.78, 5) is 7.13. The van der Waals surface area contributed by atoms with Gasteiger partial charge in [0, 0.05) is 31.6 Å². The van der Waals surface area contributed by atoms with Crippen molar-refractivity contribution in [3.05, 3.63) is 35.6 Å². The Morgan fingerprint density at radius 1 is 1.33 bits per heavy atom. The fourth-order valence-corrected chi connectivity index (χ4v) is 4.23. The summed E-state index contributed by atoms with van der Waals surface area (Å²) in [5.74, 6) is 1.25. The number of nitrogens with zero attached hydrogens (tertiary/aromatic N) is 2. The van der Waals surface area contributed by atoms with Crippen LogP contribution < -0.4 is 5.32 Å². The molecule has 1 spiro atoms. The molecular weight excluding hydrogens is 416 g/mol. The van der Waals surface area contributed by atoms with Crippen LogP contribution in [0.4, 0.5) is 4.39 Å². The van der Waals surface area contributed by atoms with Crippen LogP contribution in [0.25, 0.3) is 0 Å². The first-order valence-corrected chi connectivity index (χ1v) is 9.01. The number of halogens is 2. The van der Waals surface area contributed by atoms with Crippen LogP contribution in [0.2, 0.25) is 0 Å². The number of hydrogen-bond acceptors (Lipinski definition) is 1. The van der Waals surface area contributed by atoms with Gasteiger partial charge in [-0.05, 0) is 49.7 Å². The molecule has 24 heavy (non-hydrogen) atoms. The van der Waals surface area contributed by atoms with Crippen molar-refractivity contribution in [2.24, 2.45) is 10.4 Å². The molecule has 1 saturated heterocycles. The molecule has 5 heteroatoms. The monoisotopic (exact) mass is 443 g/mol. The van der Waals surface area contributed by atoms with Gasteiger partial charge in [-0.25, -0.2) is 4.39 Å². The van der Waals surface area contributed by atoms with Crippen molar-refractivity contribution in [1.29, 1.82) is 0 Å². The minimum atomic E-state index is -0.0784. The molecule has 3 fully saturated rings. The van der Waals surface area contributed by atoms with E-state index in [1.807, 2.05) is 12.1 Å². The van der Waals surface area contributed by atoms with Crippen molar-refractivity contribution >= 4 is 29.9 Å². The summed E-state index contributed by atoms with van der Waals surface area (Å²) in [6.45, 7) is 5.14. The van der Waals surface area contributed by atoms with Crippen LogP contribution in [0.1, 0.15) is 50.5 Å². The summed E-state index contributed by atoms with van der Waals surface area (Å²) in [6, 6.07) is 7.49. The molecule has 1 aromatic rings. The van der Waals surface area contributed by atoms with Crippen LogP contribution >= 0.6 is 24.0 Å². The van der Waals surface area contributed by atoms with Crippen LogP contribution in [-0.4, -0.2) is 36.5 Å². The first-order chi connectivity index (χ1) is 11.2. The second kappa shape index (κ2) is 7.18. The third kappa shape index (κ3) is 3.41. The normalized spacial score (nSPS) is 27.6. The minimum Gasteiger partial charge on any atom is -0.353 e. The maximum Gasteiger partial charge on any atom is 0.194 e. The average Bonchev–Trinajstić information content (AvgIpc) is 3.11. The number of benzene rings is 1. The molecule has 1 aromatic carbocycles. The molecule has 0 bridgehead atoms. The zero-order chi connectivity index (χ0) is 15.9. The second-order valence-corrected chi connectivity index (χ2v) is 7.44. The van der Waals surface area contributed by atoms with Gasteiger partial charge in [0.15, 0.2) is 5.96 Å². The molecule has 132 valence electrons. The molecule has 1 heterocycles. The van der Waals surface area contributed by atoms with Crippen molar-refractivity contribution in [2.75, 3.05) is 19.6 Å². The van der Waals surface area contributed by atoms with Crippen molar-refractivity contribution in [3.63, 3.8) is 0 Å². The lowest BCUT2D eigenvalue weighted by Gasteiger charge is -2.38. The highest BCUT2D eigenvalue weighted by Crippen LogP contribution is 2.48. The summed E-state index contributed by atoms with van der Waals surface area (Å²) in [5, 5.41) is 3.60. The summed E-state index contributed by atoms with van der Waals surface area (Å²) < 4.78 is 13.9. The van der Waals surface area contributed by atoms with Crippen LogP contribution in [0.5, 0.6) is 0 Å². The van der Waals surface area contributed by atoms with E-state index in [0.29, 0.717) is 17.4 Å². The molecule has 0 amide bonds. The van der Waals surface area contributed by atoms with Gasteiger partial charge in [-0.2, -0.15) is 0 Å². The van der Waals surface area contributed by atoms with E-state index in [1.54, 1.807) is 12.1 Å². The zero-order valence-electron chi connectivity index (χ0n) is 14.3. The second-order valence-electron chi connectivity index (χ2n) is 7.44. The molecule has 4 rings (SSSR count). The van der Waals surface area contributed by atoms with Crippen molar-refractivity contribution < 1.29 is 4.39 Å². The Morgan fingerprint density at radius 3 is 2.75 bits per heavy atom. The first kappa shape index (κ1) is 18.0. The van der Waals surface area contributed by atoms with Crippen LogP contribution in [-0.2, 0) is 0 Å². The number of guanidine groups is 1. The molecule has 3 aliphatic rings. The quantitative estimate of drug-likeness (QED) is 0.432. The highest BCUT2D eigenvalue weighted by molar-refractivity contribution is 14.0. The van der Waals surface area contributed by atoms with Crippen LogP contribution in [0.3, 0.4) is 0 Å². The lowest BCUT2D eigenvalue weighted by atomic mass is 9.68. The molecule has 1 aliphatic heterocycles. The standard InChI is InChI=1S/C19H26FN3.HI/c1-2-21-18(23-11-10-19(13-23)8-5-9-19)22-17-12-15(17)14-6-3-4-7-16(14)20;/h3-4,6-7,15,17H,2,5,8-13H2,1H3,(H,21,22);1H. The van der Waals surface area contributed by atoms with Crippen LogP contribution in [0.15, 0.2) is 29.3 Å². The third-order valence-corrected chi connectivity index (χ3v) is 5.87. The Balaban J connectivity index is 0.00000169. The van der Waals surface area contributed by atoms with Gasteiger partial charge < -0.3 is 10.2 Å². The Labute approximate surface area is 161 Å². The Kier molecular flexibility index (Phi) is 5.37. The number of aliphatic imine (C=N–C) groups is 1. The maximum absolute atomic E-state index is 13.9. The van der Waals surface area contributed by atoms with E-state index in [1.165, 1.54) is 25.7 Å². The predicted octanol–water partition coefficient (Wildman–Crippen LogP) is 4.14. The summed E-state index contributed by atoms with van der Waals surface area (Å²) in [6.07, 6.45) is 6.45. The molecular formula is C19H27FIN3. The zero-order valence-corrected chi connectivity index (χ0v) is 16.6. The Bertz CT molecular complexity index is 614. The summed E-state index contributed by atoms with van der Waals surface area (Å²) >= 11 is 0. The van der Waals surface area contributed by atoms with E-state index in [2.05, 4.69) is 17.1 Å².